The molecule has 0 atom stereocenters. The molecule has 0 unspecified atom stereocenters. The van der Waals surface area contributed by atoms with Crippen LogP contribution in [0.4, 0.5) is 5.69 Å². The van der Waals surface area contributed by atoms with Gasteiger partial charge in [-0.3, -0.25) is 14.3 Å². The molecule has 0 spiro atoms. The van der Waals surface area contributed by atoms with Crippen LogP contribution in [-0.4, -0.2) is 25.1 Å². The van der Waals surface area contributed by atoms with Crippen LogP contribution in [0.5, 0.6) is 0 Å². The second-order valence-corrected chi connectivity index (χ2v) is 7.58. The van der Waals surface area contributed by atoms with Gasteiger partial charge in [0.2, 0.25) is 5.91 Å². The minimum atomic E-state index is -0.129. The minimum Gasteiger partial charge on any atom is -0.326 e. The standard InChI is InChI=1S/C19H23N5O2S/c1-4-5-17(25)21-14-6-8-16(9-7-14)27-11-15-10-18(26)24-19(22-15)20-12-23(24)13(2)3/h6-10,12-13H,4-5,11H2,1-3H3,(H,21,25). The van der Waals surface area contributed by atoms with E-state index in [1.54, 1.807) is 28.8 Å². The van der Waals surface area contributed by atoms with E-state index in [-0.39, 0.29) is 17.5 Å². The third kappa shape index (κ3) is 4.57. The van der Waals surface area contributed by atoms with Crippen LogP contribution in [0.25, 0.3) is 5.78 Å². The SMILES string of the molecule is CCCC(=O)Nc1ccc(SCc2cc(=O)n3c(ncn3C(C)C)n2)cc1. The van der Waals surface area contributed by atoms with Crippen LogP contribution < -0.4 is 10.9 Å². The van der Waals surface area contributed by atoms with Crippen molar-refractivity contribution in [3.63, 3.8) is 0 Å². The number of aromatic nitrogens is 4. The molecule has 3 aromatic rings. The van der Waals surface area contributed by atoms with Gasteiger partial charge < -0.3 is 5.32 Å². The monoisotopic (exact) mass is 385 g/mol. The van der Waals surface area contributed by atoms with Gasteiger partial charge in [0, 0.05) is 34.9 Å². The first-order chi connectivity index (χ1) is 13.0. The predicted molar refractivity (Wildman–Crippen MR) is 107 cm³/mol. The van der Waals surface area contributed by atoms with Gasteiger partial charge in [-0.05, 0) is 44.5 Å². The maximum Gasteiger partial charge on any atom is 0.274 e. The quantitative estimate of drug-likeness (QED) is 0.630. The van der Waals surface area contributed by atoms with Crippen LogP contribution >= 0.6 is 11.8 Å². The smallest absolute Gasteiger partial charge is 0.274 e. The predicted octanol–water partition coefficient (Wildman–Crippen LogP) is 3.50. The van der Waals surface area contributed by atoms with Crippen LogP contribution in [0.2, 0.25) is 0 Å². The Kier molecular flexibility index (Phi) is 5.95. The summed E-state index contributed by atoms with van der Waals surface area (Å²) in [5.41, 5.74) is 1.35. The van der Waals surface area contributed by atoms with Crippen molar-refractivity contribution in [3.8, 4) is 0 Å². The summed E-state index contributed by atoms with van der Waals surface area (Å²) in [6.07, 6.45) is 2.98. The van der Waals surface area contributed by atoms with Crippen molar-refractivity contribution in [1.82, 2.24) is 19.2 Å². The highest BCUT2D eigenvalue weighted by atomic mass is 32.2. The molecule has 0 radical (unpaired) electrons. The molecule has 2 heterocycles. The number of carbonyl (C=O) groups is 1. The maximum atomic E-state index is 12.4. The summed E-state index contributed by atoms with van der Waals surface area (Å²) in [6, 6.07) is 9.35. The Bertz CT molecular complexity index is 991. The Morgan fingerprint density at radius 3 is 2.67 bits per heavy atom. The maximum absolute atomic E-state index is 12.4. The Labute approximate surface area is 161 Å². The fourth-order valence-electron chi connectivity index (χ4n) is 2.65. The molecule has 7 nitrogen and oxygen atoms in total. The zero-order chi connectivity index (χ0) is 19.4. The molecule has 27 heavy (non-hydrogen) atoms. The summed E-state index contributed by atoms with van der Waals surface area (Å²) in [4.78, 5) is 33.8. The van der Waals surface area contributed by atoms with Crippen LogP contribution in [0.15, 0.2) is 46.3 Å². The summed E-state index contributed by atoms with van der Waals surface area (Å²) in [5, 5.41) is 2.87. The highest BCUT2D eigenvalue weighted by Gasteiger charge is 2.10. The van der Waals surface area contributed by atoms with Crippen molar-refractivity contribution in [2.24, 2.45) is 0 Å². The molecule has 0 saturated carbocycles. The van der Waals surface area contributed by atoms with Gasteiger partial charge in [-0.1, -0.05) is 6.92 Å². The molecule has 0 aliphatic carbocycles. The topological polar surface area (TPSA) is 81.3 Å². The largest absolute Gasteiger partial charge is 0.326 e. The lowest BCUT2D eigenvalue weighted by atomic mass is 10.3. The summed E-state index contributed by atoms with van der Waals surface area (Å²) >= 11 is 1.58. The number of rotatable bonds is 7. The number of amides is 1. The number of hydrogen-bond donors (Lipinski definition) is 1. The van der Waals surface area contributed by atoms with E-state index in [4.69, 9.17) is 0 Å². The first kappa shape index (κ1) is 19.2. The van der Waals surface area contributed by atoms with Gasteiger partial charge in [0.15, 0.2) is 0 Å². The molecule has 8 heteroatoms. The highest BCUT2D eigenvalue weighted by molar-refractivity contribution is 7.98. The van der Waals surface area contributed by atoms with Crippen LogP contribution in [-0.2, 0) is 10.5 Å². The number of thioether (sulfide) groups is 1. The number of benzene rings is 1. The molecule has 0 aliphatic rings. The molecule has 2 aromatic heterocycles. The normalized spacial score (nSPS) is 11.3. The Hall–Kier alpha value is -2.61. The van der Waals surface area contributed by atoms with Crippen LogP contribution in [0.1, 0.15) is 45.3 Å². The number of fused-ring (bicyclic) bond motifs is 1. The van der Waals surface area contributed by atoms with E-state index < -0.39 is 0 Å². The Morgan fingerprint density at radius 2 is 2.00 bits per heavy atom. The van der Waals surface area contributed by atoms with Gasteiger partial charge in [0.05, 0.1) is 5.69 Å². The van der Waals surface area contributed by atoms with Crippen molar-refractivity contribution in [2.75, 3.05) is 5.32 Å². The molecule has 1 aromatic carbocycles. The van der Waals surface area contributed by atoms with E-state index in [1.165, 1.54) is 4.52 Å². The summed E-state index contributed by atoms with van der Waals surface area (Å²) in [5.74, 6) is 1.01. The molecule has 0 bridgehead atoms. The molecular weight excluding hydrogens is 362 g/mol. The van der Waals surface area contributed by atoms with Gasteiger partial charge in [-0.2, -0.15) is 9.50 Å². The third-order valence-corrected chi connectivity index (χ3v) is 5.03. The third-order valence-electron chi connectivity index (χ3n) is 3.99. The van der Waals surface area contributed by atoms with Crippen molar-refractivity contribution in [2.45, 2.75) is 50.3 Å². The Balaban J connectivity index is 1.68. The molecule has 0 fully saturated rings. The lowest BCUT2D eigenvalue weighted by molar-refractivity contribution is -0.116. The zero-order valence-corrected chi connectivity index (χ0v) is 16.5. The number of anilines is 1. The second-order valence-electron chi connectivity index (χ2n) is 6.53. The molecule has 3 rings (SSSR count). The lowest BCUT2D eigenvalue weighted by Crippen LogP contribution is -2.22. The van der Waals surface area contributed by atoms with Gasteiger partial charge in [-0.15, -0.1) is 11.8 Å². The van der Waals surface area contributed by atoms with E-state index >= 15 is 0 Å². The van der Waals surface area contributed by atoms with Gasteiger partial charge in [0.1, 0.15) is 6.33 Å². The number of carbonyl (C=O) groups excluding carboxylic acids is 1. The van der Waals surface area contributed by atoms with E-state index in [2.05, 4.69) is 15.3 Å². The molecule has 1 N–H and O–H groups in total. The molecule has 1 amide bonds. The number of nitrogens with one attached hydrogen (secondary N) is 1. The first-order valence-corrected chi connectivity index (χ1v) is 9.95. The van der Waals surface area contributed by atoms with Crippen molar-refractivity contribution in [3.05, 3.63) is 52.7 Å². The van der Waals surface area contributed by atoms with E-state index in [9.17, 15) is 9.59 Å². The molecule has 0 saturated heterocycles. The van der Waals surface area contributed by atoms with E-state index in [0.717, 1.165) is 17.0 Å². The number of hydrogen-bond acceptors (Lipinski definition) is 5. The van der Waals surface area contributed by atoms with Crippen LogP contribution in [0.3, 0.4) is 0 Å². The van der Waals surface area contributed by atoms with E-state index in [1.807, 2.05) is 45.0 Å². The van der Waals surface area contributed by atoms with Crippen molar-refractivity contribution >= 4 is 29.1 Å². The molecule has 142 valence electrons. The van der Waals surface area contributed by atoms with Gasteiger partial charge >= 0.3 is 0 Å². The second kappa shape index (κ2) is 8.39. The van der Waals surface area contributed by atoms with Gasteiger partial charge in [0.25, 0.3) is 11.3 Å². The minimum absolute atomic E-state index is 0.0247. The number of nitrogens with zero attached hydrogens (tertiary/aromatic N) is 4. The fourth-order valence-corrected chi connectivity index (χ4v) is 3.44. The molecule has 0 aliphatic heterocycles. The summed E-state index contributed by atoms with van der Waals surface area (Å²) in [6.45, 7) is 5.96. The average molecular weight is 385 g/mol. The zero-order valence-electron chi connectivity index (χ0n) is 15.7. The first-order valence-electron chi connectivity index (χ1n) is 8.96. The highest BCUT2D eigenvalue weighted by Crippen LogP contribution is 2.23. The van der Waals surface area contributed by atoms with E-state index in [0.29, 0.717) is 23.6 Å². The fraction of sp³-hybridized carbons (Fsp3) is 0.368. The van der Waals surface area contributed by atoms with Crippen molar-refractivity contribution in [1.29, 1.82) is 0 Å². The van der Waals surface area contributed by atoms with Crippen molar-refractivity contribution < 1.29 is 4.79 Å². The molecular formula is C19H23N5O2S. The summed E-state index contributed by atoms with van der Waals surface area (Å²) < 4.78 is 3.26. The Morgan fingerprint density at radius 1 is 1.26 bits per heavy atom. The average Bonchev–Trinajstić information content (AvgIpc) is 3.06. The van der Waals surface area contributed by atoms with Gasteiger partial charge in [-0.25, -0.2) is 4.98 Å². The summed E-state index contributed by atoms with van der Waals surface area (Å²) in [7, 11) is 0. The van der Waals surface area contributed by atoms with Crippen LogP contribution in [0, 0.1) is 0 Å². The lowest BCUT2D eigenvalue weighted by Gasteiger charge is -2.09.